The van der Waals surface area contributed by atoms with E-state index >= 15 is 0 Å². The maximum Gasteiger partial charge on any atom is 0.295 e. The lowest BCUT2D eigenvalue weighted by atomic mass is 10.1. The number of methoxy groups -OCH3 is 1. The Morgan fingerprint density at radius 1 is 1.08 bits per heavy atom. The molecule has 6 rings (SSSR count). The van der Waals surface area contributed by atoms with Crippen molar-refractivity contribution >= 4 is 22.6 Å². The van der Waals surface area contributed by atoms with Gasteiger partial charge in [0.2, 0.25) is 0 Å². The van der Waals surface area contributed by atoms with Gasteiger partial charge in [0, 0.05) is 25.5 Å². The van der Waals surface area contributed by atoms with Crippen LogP contribution < -0.4 is 4.74 Å². The van der Waals surface area contributed by atoms with Gasteiger partial charge < -0.3 is 19.2 Å². The lowest BCUT2D eigenvalue weighted by Gasteiger charge is -2.28. The summed E-state index contributed by atoms with van der Waals surface area (Å²) in [5.74, 6) is 0.844. The number of pyridine rings is 2. The molecule has 12 heteroatoms. The largest absolute Gasteiger partial charge is 0.494 e. The van der Waals surface area contributed by atoms with Crippen molar-refractivity contribution in [1.82, 2.24) is 44.2 Å². The van der Waals surface area contributed by atoms with E-state index in [1.54, 1.807) is 19.3 Å². The normalized spacial score (nSPS) is 13.1. The molecular weight excluding hydrogens is 462 g/mol. The Labute approximate surface area is 204 Å². The van der Waals surface area contributed by atoms with Crippen LogP contribution in [0.25, 0.3) is 28.1 Å². The van der Waals surface area contributed by atoms with Gasteiger partial charge >= 0.3 is 0 Å². The van der Waals surface area contributed by atoms with Gasteiger partial charge in [-0.25, -0.2) is 19.6 Å². The minimum Gasteiger partial charge on any atom is -0.494 e. The number of nitrogens with zero attached hydrogens (tertiary/aromatic N) is 8. The van der Waals surface area contributed by atoms with Crippen molar-refractivity contribution in [3.8, 4) is 23.0 Å². The van der Waals surface area contributed by atoms with E-state index in [1.807, 2.05) is 22.8 Å². The number of aromatic amines is 1. The molecule has 1 amide bonds. The highest BCUT2D eigenvalue weighted by atomic mass is 16.5. The molecule has 0 atom stereocenters. The van der Waals surface area contributed by atoms with Gasteiger partial charge in [0.1, 0.15) is 23.7 Å². The number of ketones is 1. The fraction of sp³-hybridized carbons (Fsp3) is 0.208. The monoisotopic (exact) mass is 483 g/mol. The molecule has 0 radical (unpaired) electrons. The molecule has 36 heavy (non-hydrogen) atoms. The van der Waals surface area contributed by atoms with Crippen LogP contribution in [0.3, 0.4) is 0 Å². The number of carbonyl (C=O) groups excluding carboxylic acids is 2. The van der Waals surface area contributed by atoms with Crippen LogP contribution in [0.5, 0.6) is 5.75 Å². The summed E-state index contributed by atoms with van der Waals surface area (Å²) in [6.45, 7) is 2.88. The maximum absolute atomic E-state index is 13.4. The van der Waals surface area contributed by atoms with Crippen molar-refractivity contribution in [2.45, 2.75) is 20.0 Å². The molecule has 1 aliphatic rings. The van der Waals surface area contributed by atoms with Crippen LogP contribution in [0.2, 0.25) is 0 Å². The van der Waals surface area contributed by atoms with Gasteiger partial charge in [-0.05, 0) is 19.1 Å². The fourth-order valence-electron chi connectivity index (χ4n) is 4.47. The third-order valence-corrected chi connectivity index (χ3v) is 6.22. The zero-order valence-electron chi connectivity index (χ0n) is 19.5. The molecule has 6 heterocycles. The van der Waals surface area contributed by atoms with Crippen LogP contribution >= 0.6 is 0 Å². The summed E-state index contributed by atoms with van der Waals surface area (Å²) in [7, 11) is 1.49. The lowest BCUT2D eigenvalue weighted by molar-refractivity contribution is -0.127. The second kappa shape index (κ2) is 8.41. The highest BCUT2D eigenvalue weighted by Gasteiger charge is 2.31. The molecule has 0 saturated carbocycles. The van der Waals surface area contributed by atoms with E-state index in [0.717, 1.165) is 11.4 Å². The molecule has 1 aliphatic heterocycles. The second-order valence-corrected chi connectivity index (χ2v) is 8.32. The second-order valence-electron chi connectivity index (χ2n) is 8.32. The number of Topliss-reactive ketones (excluding diaryl/α,β-unsaturated/α-hetero) is 1. The molecule has 0 spiro atoms. The quantitative estimate of drug-likeness (QED) is 0.296. The van der Waals surface area contributed by atoms with Crippen LogP contribution in [0.1, 0.15) is 22.0 Å². The van der Waals surface area contributed by atoms with Crippen LogP contribution in [-0.4, -0.2) is 69.5 Å². The summed E-state index contributed by atoms with van der Waals surface area (Å²) in [5.41, 5.74) is 2.42. The Morgan fingerprint density at radius 3 is 2.72 bits per heavy atom. The number of hydrogen-bond acceptors (Lipinski definition) is 8. The van der Waals surface area contributed by atoms with Crippen molar-refractivity contribution < 1.29 is 14.3 Å². The highest BCUT2D eigenvalue weighted by Crippen LogP contribution is 2.32. The first-order valence-electron chi connectivity index (χ1n) is 11.3. The number of ether oxygens (including phenoxy) is 1. The number of fused-ring (bicyclic) bond motifs is 2. The topological polar surface area (TPSA) is 137 Å². The third-order valence-electron chi connectivity index (χ3n) is 6.22. The molecule has 180 valence electrons. The Kier molecular flexibility index (Phi) is 5.06. The van der Waals surface area contributed by atoms with Crippen LogP contribution in [0, 0.1) is 6.92 Å². The zero-order chi connectivity index (χ0) is 24.8. The number of rotatable bonds is 5. The summed E-state index contributed by atoms with van der Waals surface area (Å²) in [5, 5.41) is 4.77. The number of amides is 1. The summed E-state index contributed by atoms with van der Waals surface area (Å²) in [4.78, 5) is 48.7. The molecule has 5 aromatic heterocycles. The molecule has 0 aliphatic carbocycles. The van der Waals surface area contributed by atoms with E-state index in [2.05, 4.69) is 30.0 Å². The zero-order valence-corrected chi connectivity index (χ0v) is 19.5. The highest BCUT2D eigenvalue weighted by molar-refractivity contribution is 6.45. The number of imidazole rings is 1. The molecule has 0 unspecified atom stereocenters. The standard InChI is InChI=1S/C24H21N9O3/c1-14-29-13-33(30-14)23-21-20(18(36-2)11-28-23)15(9-27-21)22(34)24(35)31-7-8-32-17(10-26-19(32)12-31)16-5-3-4-6-25-16/h3-6,9-11,13,27H,7-8,12H2,1-2H3. The molecule has 0 bridgehead atoms. The van der Waals surface area contributed by atoms with Gasteiger partial charge in [0.25, 0.3) is 11.7 Å². The Hall–Kier alpha value is -4.87. The van der Waals surface area contributed by atoms with E-state index < -0.39 is 11.7 Å². The van der Waals surface area contributed by atoms with Crippen LogP contribution in [-0.2, 0) is 17.9 Å². The summed E-state index contributed by atoms with van der Waals surface area (Å²) in [6, 6.07) is 5.69. The van der Waals surface area contributed by atoms with E-state index in [1.165, 1.54) is 35.4 Å². The first-order valence-corrected chi connectivity index (χ1v) is 11.3. The van der Waals surface area contributed by atoms with E-state index in [0.29, 0.717) is 47.2 Å². The van der Waals surface area contributed by atoms with E-state index in [-0.39, 0.29) is 12.1 Å². The van der Waals surface area contributed by atoms with Gasteiger partial charge in [-0.15, -0.1) is 0 Å². The Morgan fingerprint density at radius 2 is 1.97 bits per heavy atom. The van der Waals surface area contributed by atoms with Gasteiger partial charge in [-0.3, -0.25) is 14.6 Å². The van der Waals surface area contributed by atoms with E-state index in [9.17, 15) is 9.59 Å². The van der Waals surface area contributed by atoms with Crippen LogP contribution in [0.15, 0.2) is 49.3 Å². The average molecular weight is 483 g/mol. The van der Waals surface area contributed by atoms with Crippen molar-refractivity contribution in [1.29, 1.82) is 0 Å². The van der Waals surface area contributed by atoms with Crippen molar-refractivity contribution in [2.75, 3.05) is 13.7 Å². The number of nitrogens with one attached hydrogen (secondary N) is 1. The van der Waals surface area contributed by atoms with Gasteiger partial charge in [-0.2, -0.15) is 5.10 Å². The fourth-order valence-corrected chi connectivity index (χ4v) is 4.47. The number of hydrogen-bond donors (Lipinski definition) is 1. The first-order chi connectivity index (χ1) is 17.5. The average Bonchev–Trinajstić information content (AvgIpc) is 3.65. The predicted molar refractivity (Wildman–Crippen MR) is 128 cm³/mol. The van der Waals surface area contributed by atoms with Gasteiger partial charge in [0.15, 0.2) is 5.82 Å². The summed E-state index contributed by atoms with van der Waals surface area (Å²) < 4.78 is 9.00. The van der Waals surface area contributed by atoms with Gasteiger partial charge in [0.05, 0.1) is 53.9 Å². The molecular formula is C24H21N9O3. The molecule has 5 aromatic rings. The first kappa shape index (κ1) is 21.6. The summed E-state index contributed by atoms with van der Waals surface area (Å²) in [6.07, 6.45) is 8.02. The number of H-pyrrole nitrogens is 1. The molecule has 0 saturated heterocycles. The van der Waals surface area contributed by atoms with Crippen LogP contribution in [0.4, 0.5) is 0 Å². The predicted octanol–water partition coefficient (Wildman–Crippen LogP) is 1.94. The number of aryl methyl sites for hydroxylation is 1. The smallest absolute Gasteiger partial charge is 0.295 e. The molecule has 12 nitrogen and oxygen atoms in total. The molecule has 0 aromatic carbocycles. The third kappa shape index (κ3) is 3.42. The Balaban J connectivity index is 1.31. The van der Waals surface area contributed by atoms with E-state index in [4.69, 9.17) is 4.74 Å². The molecule has 0 fully saturated rings. The SMILES string of the molecule is COc1cnc(-n2cnc(C)n2)c2[nH]cc(C(=O)C(=O)N3CCn4c(-c5ccccn5)cnc4C3)c12. The van der Waals surface area contributed by atoms with Crippen molar-refractivity contribution in [3.63, 3.8) is 0 Å². The lowest BCUT2D eigenvalue weighted by Crippen LogP contribution is -2.42. The molecule has 1 N–H and O–H groups in total. The number of carbonyl (C=O) groups is 2. The van der Waals surface area contributed by atoms with Crippen molar-refractivity contribution in [2.24, 2.45) is 0 Å². The minimum atomic E-state index is -0.642. The maximum atomic E-state index is 13.4. The van der Waals surface area contributed by atoms with Gasteiger partial charge in [-0.1, -0.05) is 6.07 Å². The Bertz CT molecular complexity index is 1620. The van der Waals surface area contributed by atoms with Crippen molar-refractivity contribution in [3.05, 3.63) is 66.5 Å². The number of aromatic nitrogens is 8. The minimum absolute atomic E-state index is 0.204. The summed E-state index contributed by atoms with van der Waals surface area (Å²) >= 11 is 0.